The van der Waals surface area contributed by atoms with Crippen LogP contribution in [0.25, 0.3) is 0 Å². The second kappa shape index (κ2) is 5.83. The van der Waals surface area contributed by atoms with Crippen molar-refractivity contribution in [2.24, 2.45) is 0 Å². The third kappa shape index (κ3) is 3.06. The maximum absolute atomic E-state index is 12.9. The van der Waals surface area contributed by atoms with Crippen molar-refractivity contribution in [3.05, 3.63) is 52.2 Å². The molecule has 1 N–H and O–H groups in total. The van der Waals surface area contributed by atoms with Crippen molar-refractivity contribution in [3.8, 4) is 0 Å². The van der Waals surface area contributed by atoms with Gasteiger partial charge in [-0.05, 0) is 42.5 Å². The normalized spacial score (nSPS) is 15.1. The summed E-state index contributed by atoms with van der Waals surface area (Å²) in [6.07, 6.45) is 1.70. The van der Waals surface area contributed by atoms with Crippen LogP contribution < -0.4 is 0 Å². The lowest BCUT2D eigenvalue weighted by Crippen LogP contribution is -2.32. The predicted octanol–water partition coefficient (Wildman–Crippen LogP) is 2.80. The molecule has 1 saturated carbocycles. The molecule has 7 heteroatoms. The highest BCUT2D eigenvalue weighted by atomic mass is 32.2. The quantitative estimate of drug-likeness (QED) is 0.879. The Morgan fingerprint density at radius 2 is 2.05 bits per heavy atom. The molecule has 0 unspecified atom stereocenters. The molecule has 0 amide bonds. The van der Waals surface area contributed by atoms with E-state index in [-0.39, 0.29) is 16.5 Å². The molecule has 5 nitrogen and oxygen atoms in total. The molecule has 2 aromatic rings. The van der Waals surface area contributed by atoms with Gasteiger partial charge in [0.15, 0.2) is 0 Å². The van der Waals surface area contributed by atoms with Crippen molar-refractivity contribution < 1.29 is 18.3 Å². The maximum atomic E-state index is 12.9. The Bertz CT molecular complexity index is 780. The van der Waals surface area contributed by atoms with E-state index in [4.69, 9.17) is 5.11 Å². The summed E-state index contributed by atoms with van der Waals surface area (Å²) in [5, 5.41) is 11.0. The lowest BCUT2D eigenvalue weighted by molar-refractivity contribution is 0.0696. The molecular weight excluding hydrogens is 322 g/mol. The van der Waals surface area contributed by atoms with E-state index in [9.17, 15) is 13.2 Å². The van der Waals surface area contributed by atoms with Crippen LogP contribution >= 0.6 is 11.3 Å². The van der Waals surface area contributed by atoms with E-state index in [1.54, 1.807) is 0 Å². The lowest BCUT2D eigenvalue weighted by Gasteiger charge is -2.21. The van der Waals surface area contributed by atoms with Gasteiger partial charge in [0.1, 0.15) is 0 Å². The average Bonchev–Trinajstić information content (AvgIpc) is 3.20. The van der Waals surface area contributed by atoms with E-state index in [0.29, 0.717) is 6.54 Å². The van der Waals surface area contributed by atoms with Gasteiger partial charge in [0.2, 0.25) is 10.0 Å². The molecule has 1 aromatic heterocycles. The van der Waals surface area contributed by atoms with Crippen LogP contribution in [0, 0.1) is 0 Å². The minimum absolute atomic E-state index is 0.0144. The molecule has 3 rings (SSSR count). The number of hydrogen-bond acceptors (Lipinski definition) is 4. The van der Waals surface area contributed by atoms with Gasteiger partial charge in [-0.15, -0.1) is 11.3 Å². The molecular formula is C15H15NO4S2. The van der Waals surface area contributed by atoms with Crippen LogP contribution in [0.1, 0.15) is 28.1 Å². The van der Waals surface area contributed by atoms with E-state index in [1.165, 1.54) is 39.9 Å². The molecule has 0 bridgehead atoms. The highest BCUT2D eigenvalue weighted by Crippen LogP contribution is 2.34. The van der Waals surface area contributed by atoms with Gasteiger partial charge in [-0.3, -0.25) is 0 Å². The number of nitrogens with zero attached hydrogens (tertiary/aromatic N) is 1. The Kier molecular flexibility index (Phi) is 4.03. The predicted molar refractivity (Wildman–Crippen MR) is 83.5 cm³/mol. The molecule has 0 atom stereocenters. The Morgan fingerprint density at radius 3 is 2.64 bits per heavy atom. The number of carboxylic acids is 1. The summed E-state index contributed by atoms with van der Waals surface area (Å²) in [5.41, 5.74) is -0.0204. The first-order valence-corrected chi connectivity index (χ1v) is 9.18. The summed E-state index contributed by atoms with van der Waals surface area (Å²) in [7, 11) is -3.69. The SMILES string of the molecule is O=C(O)c1cccc(S(=O)(=O)N(Cc2cccs2)C2CC2)c1. The van der Waals surface area contributed by atoms with Crippen molar-refractivity contribution >= 4 is 27.3 Å². The second-order valence-corrected chi connectivity index (χ2v) is 8.12. The molecule has 1 fully saturated rings. The van der Waals surface area contributed by atoms with Crippen molar-refractivity contribution in [2.75, 3.05) is 0 Å². The zero-order chi connectivity index (χ0) is 15.7. The Hall–Kier alpha value is -1.70. The van der Waals surface area contributed by atoms with Gasteiger partial charge in [-0.1, -0.05) is 12.1 Å². The highest BCUT2D eigenvalue weighted by Gasteiger charge is 2.38. The van der Waals surface area contributed by atoms with Crippen LogP contribution in [0.3, 0.4) is 0 Å². The summed E-state index contributed by atoms with van der Waals surface area (Å²) in [6.45, 7) is 0.335. The Labute approximate surface area is 132 Å². The van der Waals surface area contributed by atoms with E-state index >= 15 is 0 Å². The van der Waals surface area contributed by atoms with Crippen LogP contribution in [0.15, 0.2) is 46.7 Å². The molecule has 0 aliphatic heterocycles. The monoisotopic (exact) mass is 337 g/mol. The largest absolute Gasteiger partial charge is 0.478 e. The van der Waals surface area contributed by atoms with Crippen LogP contribution in [-0.4, -0.2) is 29.8 Å². The standard InChI is InChI=1S/C15H15NO4S2/c17-15(18)11-3-1-5-14(9-11)22(19,20)16(12-6-7-12)10-13-4-2-8-21-13/h1-5,8-9,12H,6-7,10H2,(H,17,18). The highest BCUT2D eigenvalue weighted by molar-refractivity contribution is 7.89. The molecule has 22 heavy (non-hydrogen) atoms. The Balaban J connectivity index is 1.95. The first-order chi connectivity index (χ1) is 10.5. The third-order valence-corrected chi connectivity index (χ3v) is 6.29. The van der Waals surface area contributed by atoms with Crippen LogP contribution in [0.4, 0.5) is 0 Å². The number of carboxylic acid groups (broad SMARTS) is 1. The second-order valence-electron chi connectivity index (χ2n) is 5.19. The fraction of sp³-hybridized carbons (Fsp3) is 0.267. The molecule has 0 saturated heterocycles. The first kappa shape index (κ1) is 15.2. The van der Waals surface area contributed by atoms with Gasteiger partial charge in [-0.2, -0.15) is 4.31 Å². The van der Waals surface area contributed by atoms with Crippen molar-refractivity contribution in [1.29, 1.82) is 0 Å². The van der Waals surface area contributed by atoms with Gasteiger partial charge < -0.3 is 5.11 Å². The zero-order valence-corrected chi connectivity index (χ0v) is 13.3. The molecule has 1 aliphatic carbocycles. The van der Waals surface area contributed by atoms with Crippen molar-refractivity contribution in [1.82, 2.24) is 4.31 Å². The number of thiophene rings is 1. The Morgan fingerprint density at radius 1 is 1.27 bits per heavy atom. The number of benzene rings is 1. The number of hydrogen-bond donors (Lipinski definition) is 1. The van der Waals surface area contributed by atoms with Gasteiger partial charge in [0.25, 0.3) is 0 Å². The van der Waals surface area contributed by atoms with Crippen LogP contribution in [0.5, 0.6) is 0 Å². The zero-order valence-electron chi connectivity index (χ0n) is 11.7. The van der Waals surface area contributed by atoms with Crippen LogP contribution in [-0.2, 0) is 16.6 Å². The minimum Gasteiger partial charge on any atom is -0.478 e. The lowest BCUT2D eigenvalue weighted by atomic mass is 10.2. The summed E-state index contributed by atoms with van der Waals surface area (Å²) < 4.78 is 27.2. The molecule has 1 aliphatic rings. The molecule has 0 spiro atoms. The average molecular weight is 337 g/mol. The number of aromatic carboxylic acids is 1. The topological polar surface area (TPSA) is 74.7 Å². The van der Waals surface area contributed by atoms with Gasteiger partial charge in [0, 0.05) is 17.5 Å². The number of carbonyl (C=O) groups is 1. The minimum atomic E-state index is -3.69. The van der Waals surface area contributed by atoms with Crippen molar-refractivity contribution in [2.45, 2.75) is 30.3 Å². The van der Waals surface area contributed by atoms with Gasteiger partial charge >= 0.3 is 5.97 Å². The summed E-state index contributed by atoms with van der Waals surface area (Å²) in [6, 6.07) is 9.34. The molecule has 1 heterocycles. The van der Waals surface area contributed by atoms with E-state index in [0.717, 1.165) is 17.7 Å². The maximum Gasteiger partial charge on any atom is 0.335 e. The molecule has 116 valence electrons. The molecule has 1 aromatic carbocycles. The van der Waals surface area contributed by atoms with Gasteiger partial charge in [0.05, 0.1) is 10.5 Å². The smallest absolute Gasteiger partial charge is 0.335 e. The fourth-order valence-corrected chi connectivity index (χ4v) is 4.75. The molecule has 0 radical (unpaired) electrons. The third-order valence-electron chi connectivity index (χ3n) is 3.53. The number of sulfonamides is 1. The van der Waals surface area contributed by atoms with E-state index in [1.807, 2.05) is 17.5 Å². The number of rotatable bonds is 6. The van der Waals surface area contributed by atoms with Crippen LogP contribution in [0.2, 0.25) is 0 Å². The first-order valence-electron chi connectivity index (χ1n) is 6.86. The van der Waals surface area contributed by atoms with Crippen molar-refractivity contribution in [3.63, 3.8) is 0 Å². The summed E-state index contributed by atoms with van der Waals surface area (Å²) >= 11 is 1.52. The van der Waals surface area contributed by atoms with Gasteiger partial charge in [-0.25, -0.2) is 13.2 Å². The summed E-state index contributed by atoms with van der Waals surface area (Å²) in [4.78, 5) is 12.1. The van der Waals surface area contributed by atoms with E-state index in [2.05, 4.69) is 0 Å². The summed E-state index contributed by atoms with van der Waals surface area (Å²) in [5.74, 6) is -1.13. The van der Waals surface area contributed by atoms with E-state index < -0.39 is 16.0 Å². The fourth-order valence-electron chi connectivity index (χ4n) is 2.25.